The number of rotatable bonds is 6. The van der Waals surface area contributed by atoms with Crippen molar-refractivity contribution in [2.45, 2.75) is 39.0 Å². The van der Waals surface area contributed by atoms with Gasteiger partial charge in [-0.2, -0.15) is 0 Å². The Hall–Kier alpha value is -4.97. The lowest BCUT2D eigenvalue weighted by molar-refractivity contribution is -0.274. The Morgan fingerprint density at radius 3 is 2.43 bits per heavy atom. The predicted octanol–water partition coefficient (Wildman–Crippen LogP) is 7.70. The van der Waals surface area contributed by atoms with Crippen LogP contribution in [-0.4, -0.2) is 41.2 Å². The summed E-state index contributed by atoms with van der Waals surface area (Å²) < 4.78 is 47.6. The zero-order valence-corrected chi connectivity index (χ0v) is 25.6. The van der Waals surface area contributed by atoms with E-state index in [1.807, 2.05) is 13.0 Å². The summed E-state index contributed by atoms with van der Waals surface area (Å²) in [6, 6.07) is 17.7. The molecule has 1 aliphatic rings. The van der Waals surface area contributed by atoms with E-state index in [0.29, 0.717) is 59.4 Å². The number of nitrogens with one attached hydrogen (secondary N) is 1. The number of aryl methyl sites for hydroxylation is 2. The minimum absolute atomic E-state index is 0.0428. The molecule has 0 unspecified atom stereocenters. The Kier molecular flexibility index (Phi) is 8.39. The predicted molar refractivity (Wildman–Crippen MR) is 168 cm³/mol. The number of amides is 2. The number of ether oxygens (including phenoxy) is 1. The second-order valence-corrected chi connectivity index (χ2v) is 11.9. The van der Waals surface area contributed by atoms with Gasteiger partial charge in [-0.25, -0.2) is 4.98 Å². The van der Waals surface area contributed by atoms with E-state index >= 15 is 0 Å². The van der Waals surface area contributed by atoms with Gasteiger partial charge in [-0.05, 0) is 73.7 Å². The summed E-state index contributed by atoms with van der Waals surface area (Å²) in [6.07, 6.45) is -3.52. The van der Waals surface area contributed by atoms with E-state index in [9.17, 15) is 27.6 Å². The third-order valence-electron chi connectivity index (χ3n) is 7.98. The third kappa shape index (κ3) is 6.38. The van der Waals surface area contributed by atoms with Gasteiger partial charge in [0.2, 0.25) is 5.43 Å². The number of carbonyl (C=O) groups is 2. The molecule has 0 atom stereocenters. The van der Waals surface area contributed by atoms with Gasteiger partial charge < -0.3 is 19.4 Å². The average Bonchev–Trinajstić information content (AvgIpc) is 3.53. The van der Waals surface area contributed by atoms with Crippen LogP contribution in [0.3, 0.4) is 0 Å². The van der Waals surface area contributed by atoms with Crippen molar-refractivity contribution >= 4 is 39.8 Å². The standard InChI is InChI=1S/C34H28F3N3O5S/c1-19-6-5-8-25(28(19)21-10-12-23(13-11-21)45-34(35,36)37)33(43)40-16-14-22(15-17-40)32-38-26(18-46-32)31(42)39-29-20(2)44-27-9-4-3-7-24(27)30(29)41/h3-13,18,22H,14-17H2,1-2H3,(H,39,42). The van der Waals surface area contributed by atoms with E-state index in [2.05, 4.69) is 15.0 Å². The molecule has 0 radical (unpaired) electrons. The zero-order chi connectivity index (χ0) is 32.6. The Morgan fingerprint density at radius 2 is 1.72 bits per heavy atom. The Labute approximate surface area is 265 Å². The molecule has 0 bridgehead atoms. The van der Waals surface area contributed by atoms with Crippen LogP contribution in [0.4, 0.5) is 18.9 Å². The highest BCUT2D eigenvalue weighted by Crippen LogP contribution is 2.34. The van der Waals surface area contributed by atoms with Gasteiger partial charge in [0.25, 0.3) is 11.8 Å². The van der Waals surface area contributed by atoms with Gasteiger partial charge in [0, 0.05) is 30.0 Å². The highest BCUT2D eigenvalue weighted by molar-refractivity contribution is 7.10. The Bertz CT molecular complexity index is 1990. The summed E-state index contributed by atoms with van der Waals surface area (Å²) in [6.45, 7) is 4.40. The monoisotopic (exact) mass is 647 g/mol. The summed E-state index contributed by atoms with van der Waals surface area (Å²) in [5.41, 5.74) is 2.92. The van der Waals surface area contributed by atoms with Crippen LogP contribution >= 0.6 is 11.3 Å². The van der Waals surface area contributed by atoms with Crippen LogP contribution in [0, 0.1) is 13.8 Å². The molecule has 0 aliphatic carbocycles. The van der Waals surface area contributed by atoms with Crippen LogP contribution < -0.4 is 15.5 Å². The largest absolute Gasteiger partial charge is 0.573 e. The molecule has 5 aromatic rings. The van der Waals surface area contributed by atoms with Gasteiger partial charge in [0.05, 0.1) is 10.4 Å². The number of para-hydroxylation sites is 1. The van der Waals surface area contributed by atoms with Crippen molar-refractivity contribution in [3.05, 3.63) is 110 Å². The second kappa shape index (κ2) is 12.4. The summed E-state index contributed by atoms with van der Waals surface area (Å²) >= 11 is 1.36. The lowest BCUT2D eigenvalue weighted by atomic mass is 9.92. The average molecular weight is 648 g/mol. The molecule has 8 nitrogen and oxygen atoms in total. The van der Waals surface area contributed by atoms with Gasteiger partial charge in [-0.15, -0.1) is 24.5 Å². The first-order valence-corrected chi connectivity index (χ1v) is 15.4. The second-order valence-electron chi connectivity index (χ2n) is 11.0. The first-order valence-electron chi connectivity index (χ1n) is 14.5. The van der Waals surface area contributed by atoms with Crippen LogP contribution in [-0.2, 0) is 0 Å². The number of halogens is 3. The van der Waals surface area contributed by atoms with Crippen molar-refractivity contribution in [3.8, 4) is 16.9 Å². The molecule has 3 heterocycles. The fraction of sp³-hybridized carbons (Fsp3) is 0.235. The van der Waals surface area contributed by atoms with Gasteiger partial charge in [-0.3, -0.25) is 14.4 Å². The number of hydrogen-bond donors (Lipinski definition) is 1. The summed E-state index contributed by atoms with van der Waals surface area (Å²) in [5.74, 6) is -0.672. The Morgan fingerprint density at radius 1 is 1.00 bits per heavy atom. The van der Waals surface area contributed by atoms with Crippen LogP contribution in [0.1, 0.15) is 55.9 Å². The number of fused-ring (bicyclic) bond motifs is 1. The molecule has 236 valence electrons. The van der Waals surface area contributed by atoms with Crippen molar-refractivity contribution in [1.82, 2.24) is 9.88 Å². The molecule has 0 spiro atoms. The molecule has 1 saturated heterocycles. The maximum Gasteiger partial charge on any atom is 0.573 e. The number of hydrogen-bond acceptors (Lipinski definition) is 7. The molecule has 46 heavy (non-hydrogen) atoms. The maximum atomic E-state index is 13.7. The first kappa shape index (κ1) is 31.0. The minimum Gasteiger partial charge on any atom is -0.459 e. The molecular formula is C34H28F3N3O5S. The fourth-order valence-corrected chi connectivity index (χ4v) is 6.68. The van der Waals surface area contributed by atoms with Crippen molar-refractivity contribution in [3.63, 3.8) is 0 Å². The Balaban J connectivity index is 1.12. The maximum absolute atomic E-state index is 13.7. The van der Waals surface area contributed by atoms with E-state index in [1.165, 1.54) is 35.6 Å². The van der Waals surface area contributed by atoms with Crippen LogP contribution in [0.5, 0.6) is 5.75 Å². The number of anilines is 1. The summed E-state index contributed by atoms with van der Waals surface area (Å²) in [7, 11) is 0. The number of aromatic nitrogens is 1. The fourth-order valence-electron chi connectivity index (χ4n) is 5.71. The number of benzene rings is 3. The van der Waals surface area contributed by atoms with Crippen LogP contribution in [0.2, 0.25) is 0 Å². The highest BCUT2D eigenvalue weighted by Gasteiger charge is 2.31. The van der Waals surface area contributed by atoms with Crippen molar-refractivity contribution in [2.24, 2.45) is 0 Å². The summed E-state index contributed by atoms with van der Waals surface area (Å²) in [5, 5.41) is 5.47. The van der Waals surface area contributed by atoms with E-state index < -0.39 is 12.3 Å². The molecule has 1 aliphatic heterocycles. The molecule has 12 heteroatoms. The van der Waals surface area contributed by atoms with E-state index in [1.54, 1.807) is 53.6 Å². The third-order valence-corrected chi connectivity index (χ3v) is 8.99. The van der Waals surface area contributed by atoms with Gasteiger partial charge in [0.15, 0.2) is 0 Å². The lowest BCUT2D eigenvalue weighted by Crippen LogP contribution is -2.38. The zero-order valence-electron chi connectivity index (χ0n) is 24.8. The van der Waals surface area contributed by atoms with E-state index in [4.69, 9.17) is 4.42 Å². The van der Waals surface area contributed by atoms with Gasteiger partial charge in [0.1, 0.15) is 28.5 Å². The molecule has 1 fully saturated rings. The SMILES string of the molecule is Cc1cccc(C(=O)N2CCC(c3nc(C(=O)Nc4c(C)oc5ccccc5c4=O)cs3)CC2)c1-c1ccc(OC(F)(F)F)cc1. The number of nitrogens with zero attached hydrogens (tertiary/aromatic N) is 2. The molecule has 3 aromatic carbocycles. The molecule has 6 rings (SSSR count). The first-order chi connectivity index (χ1) is 22.0. The van der Waals surface area contributed by atoms with Crippen molar-refractivity contribution in [2.75, 3.05) is 18.4 Å². The highest BCUT2D eigenvalue weighted by atomic mass is 32.1. The quantitative estimate of drug-likeness (QED) is 0.203. The lowest BCUT2D eigenvalue weighted by Gasteiger charge is -2.32. The minimum atomic E-state index is -4.79. The molecule has 2 amide bonds. The number of alkyl halides is 3. The van der Waals surface area contributed by atoms with Crippen LogP contribution in [0.15, 0.2) is 81.3 Å². The van der Waals surface area contributed by atoms with Gasteiger partial charge in [-0.1, -0.05) is 36.4 Å². The normalized spacial score (nSPS) is 14.0. The number of piperidine rings is 1. The van der Waals surface area contributed by atoms with Gasteiger partial charge >= 0.3 is 6.36 Å². The topological polar surface area (TPSA) is 102 Å². The molecule has 2 aromatic heterocycles. The summed E-state index contributed by atoms with van der Waals surface area (Å²) in [4.78, 5) is 46.0. The smallest absolute Gasteiger partial charge is 0.459 e. The number of carbonyl (C=O) groups excluding carboxylic acids is 2. The molecular weight excluding hydrogens is 619 g/mol. The molecule has 0 saturated carbocycles. The number of thiazole rings is 1. The van der Waals surface area contributed by atoms with Crippen molar-refractivity contribution in [1.29, 1.82) is 0 Å². The van der Waals surface area contributed by atoms with Crippen LogP contribution in [0.25, 0.3) is 22.1 Å². The van der Waals surface area contributed by atoms with E-state index in [-0.39, 0.29) is 34.4 Å². The molecule has 1 N–H and O–H groups in total. The van der Waals surface area contributed by atoms with Crippen molar-refractivity contribution < 1.29 is 31.9 Å². The number of likely N-dealkylation sites (tertiary alicyclic amines) is 1. The van der Waals surface area contributed by atoms with E-state index in [0.717, 1.165) is 10.6 Å².